The Morgan fingerprint density at radius 3 is 3.00 bits per heavy atom. The topological polar surface area (TPSA) is 36.7 Å². The fraction of sp³-hybridized carbons (Fsp3) is 0.111. The summed E-state index contributed by atoms with van der Waals surface area (Å²) in [5.41, 5.74) is 0.726. The second-order valence-electron chi connectivity index (χ2n) is 2.30. The van der Waals surface area contributed by atoms with E-state index in [1.807, 2.05) is 6.07 Å². The molecule has 66 valence electrons. The molecule has 0 spiro atoms. The van der Waals surface area contributed by atoms with Crippen LogP contribution in [-0.4, -0.2) is 4.98 Å². The van der Waals surface area contributed by atoms with E-state index >= 15 is 0 Å². The van der Waals surface area contributed by atoms with Crippen molar-refractivity contribution >= 4 is 29.3 Å². The average molecular weight is 213 g/mol. The lowest BCUT2D eigenvalue weighted by atomic mass is 10.2. The van der Waals surface area contributed by atoms with Crippen LogP contribution in [0.4, 0.5) is 0 Å². The number of aromatic nitrogens is 1. The molecule has 0 aliphatic rings. The molecule has 0 radical (unpaired) electrons. The van der Waals surface area contributed by atoms with Crippen molar-refractivity contribution in [1.29, 1.82) is 5.26 Å². The molecule has 1 aromatic rings. The molecule has 0 fully saturated rings. The summed E-state index contributed by atoms with van der Waals surface area (Å²) in [5.74, 6) is 0. The molecule has 2 nitrogen and oxygen atoms in total. The number of pyridine rings is 1. The Balaban J connectivity index is 2.88. The summed E-state index contributed by atoms with van der Waals surface area (Å²) in [5, 5.41) is 9.21. The van der Waals surface area contributed by atoms with Gasteiger partial charge in [0.05, 0.1) is 17.5 Å². The van der Waals surface area contributed by atoms with E-state index in [9.17, 15) is 0 Å². The highest BCUT2D eigenvalue weighted by Gasteiger charge is 1.97. The molecular weight excluding hydrogens is 207 g/mol. The van der Waals surface area contributed by atoms with Gasteiger partial charge in [0.15, 0.2) is 0 Å². The number of hydrogen-bond acceptors (Lipinski definition) is 2. The summed E-state index contributed by atoms with van der Waals surface area (Å²) in [6.45, 7) is 0. The van der Waals surface area contributed by atoms with E-state index in [2.05, 4.69) is 4.98 Å². The molecule has 0 amide bonds. The fourth-order valence-corrected chi connectivity index (χ4v) is 1.13. The molecule has 0 unspecified atom stereocenters. The summed E-state index contributed by atoms with van der Waals surface area (Å²) >= 11 is 11.5. The van der Waals surface area contributed by atoms with E-state index < -0.39 is 0 Å². The first kappa shape index (κ1) is 10.0. The van der Waals surface area contributed by atoms with Gasteiger partial charge in [-0.3, -0.25) is 0 Å². The van der Waals surface area contributed by atoms with Crippen LogP contribution in [0.2, 0.25) is 10.2 Å². The number of halogens is 2. The van der Waals surface area contributed by atoms with Crippen molar-refractivity contribution in [2.75, 3.05) is 0 Å². The van der Waals surface area contributed by atoms with Gasteiger partial charge >= 0.3 is 0 Å². The van der Waals surface area contributed by atoms with E-state index in [1.54, 1.807) is 18.2 Å². The Bertz CT molecular complexity index is 366. The predicted molar refractivity (Wildman–Crippen MR) is 53.5 cm³/mol. The Kier molecular flexibility index (Phi) is 3.75. The van der Waals surface area contributed by atoms with Crippen LogP contribution in [-0.2, 0) is 0 Å². The minimum absolute atomic E-state index is 0.350. The smallest absolute Gasteiger partial charge is 0.136 e. The molecular formula is C9H6Cl2N2. The monoisotopic (exact) mass is 212 g/mol. The van der Waals surface area contributed by atoms with E-state index in [0.717, 1.165) is 5.56 Å². The second-order valence-corrected chi connectivity index (χ2v) is 3.09. The fourth-order valence-electron chi connectivity index (χ4n) is 0.794. The van der Waals surface area contributed by atoms with E-state index in [-0.39, 0.29) is 0 Å². The van der Waals surface area contributed by atoms with E-state index in [4.69, 9.17) is 28.5 Å². The average Bonchev–Trinajstić information content (AvgIpc) is 2.11. The van der Waals surface area contributed by atoms with Crippen LogP contribution < -0.4 is 0 Å². The Hall–Kier alpha value is -1.04. The summed E-state index contributed by atoms with van der Waals surface area (Å²) in [7, 11) is 0. The van der Waals surface area contributed by atoms with Crippen molar-refractivity contribution in [3.05, 3.63) is 34.1 Å². The normalized spacial score (nSPS) is 10.2. The van der Waals surface area contributed by atoms with Gasteiger partial charge in [-0.15, -0.1) is 0 Å². The zero-order valence-corrected chi connectivity index (χ0v) is 8.18. The van der Waals surface area contributed by atoms with Gasteiger partial charge < -0.3 is 0 Å². The number of allylic oxidation sites excluding steroid dienone is 1. The number of hydrogen-bond donors (Lipinski definition) is 0. The second kappa shape index (κ2) is 4.86. The van der Waals surface area contributed by atoms with Gasteiger partial charge in [-0.2, -0.15) is 5.26 Å². The maximum Gasteiger partial charge on any atom is 0.136 e. The maximum absolute atomic E-state index is 8.29. The van der Waals surface area contributed by atoms with Crippen LogP contribution in [0.15, 0.2) is 18.3 Å². The third-order valence-electron chi connectivity index (χ3n) is 1.34. The van der Waals surface area contributed by atoms with E-state index in [0.29, 0.717) is 16.6 Å². The molecule has 13 heavy (non-hydrogen) atoms. The van der Waals surface area contributed by atoms with Gasteiger partial charge in [-0.25, -0.2) is 4.98 Å². The van der Waals surface area contributed by atoms with E-state index in [1.165, 1.54) is 6.20 Å². The molecule has 0 saturated heterocycles. The lowest BCUT2D eigenvalue weighted by Gasteiger charge is -1.96. The Morgan fingerprint density at radius 1 is 1.54 bits per heavy atom. The molecule has 0 aliphatic carbocycles. The molecule has 0 atom stereocenters. The first-order valence-electron chi connectivity index (χ1n) is 3.58. The maximum atomic E-state index is 8.29. The molecule has 0 aliphatic heterocycles. The minimum atomic E-state index is 0.350. The van der Waals surface area contributed by atoms with Crippen LogP contribution in [0.5, 0.6) is 0 Å². The third-order valence-corrected chi connectivity index (χ3v) is 1.86. The highest BCUT2D eigenvalue weighted by Crippen LogP contribution is 2.18. The largest absolute Gasteiger partial charge is 0.242 e. The molecule has 0 aromatic carbocycles. The van der Waals surface area contributed by atoms with Crippen LogP contribution in [0.3, 0.4) is 0 Å². The van der Waals surface area contributed by atoms with Gasteiger partial charge in [0.1, 0.15) is 5.15 Å². The summed E-state index contributed by atoms with van der Waals surface area (Å²) in [6, 6.07) is 3.69. The Labute approximate surface area is 86.4 Å². The first-order valence-corrected chi connectivity index (χ1v) is 4.34. The van der Waals surface area contributed by atoms with Crippen LogP contribution in [0.1, 0.15) is 12.0 Å². The van der Waals surface area contributed by atoms with Gasteiger partial charge in [0.25, 0.3) is 0 Å². The summed E-state index contributed by atoms with van der Waals surface area (Å²) < 4.78 is 0. The highest BCUT2D eigenvalue weighted by atomic mass is 35.5. The zero-order valence-electron chi connectivity index (χ0n) is 6.67. The number of nitrogens with zero attached hydrogens (tertiary/aromatic N) is 2. The van der Waals surface area contributed by atoms with Crippen molar-refractivity contribution in [1.82, 2.24) is 4.98 Å². The van der Waals surface area contributed by atoms with Crippen molar-refractivity contribution in [3.8, 4) is 6.07 Å². The van der Waals surface area contributed by atoms with Crippen molar-refractivity contribution < 1.29 is 0 Å². The lowest BCUT2D eigenvalue weighted by Crippen LogP contribution is -1.80. The van der Waals surface area contributed by atoms with Gasteiger partial charge in [-0.1, -0.05) is 35.4 Å². The predicted octanol–water partition coefficient (Wildman–Crippen LogP) is 3.32. The summed E-state index contributed by atoms with van der Waals surface area (Å²) in [4.78, 5) is 3.86. The number of nitriles is 1. The van der Waals surface area contributed by atoms with Gasteiger partial charge in [0, 0.05) is 11.8 Å². The molecule has 4 heteroatoms. The van der Waals surface area contributed by atoms with Crippen LogP contribution in [0.25, 0.3) is 6.08 Å². The van der Waals surface area contributed by atoms with Crippen LogP contribution in [0, 0.1) is 11.3 Å². The SMILES string of the molecule is N#CCC=Cc1cc(Cl)cnc1Cl. The highest BCUT2D eigenvalue weighted by molar-refractivity contribution is 6.33. The third kappa shape index (κ3) is 3.06. The molecule has 0 N–H and O–H groups in total. The van der Waals surface area contributed by atoms with Gasteiger partial charge in [0.2, 0.25) is 0 Å². The van der Waals surface area contributed by atoms with Gasteiger partial charge in [-0.05, 0) is 6.07 Å². The molecule has 1 heterocycles. The molecule has 0 saturated carbocycles. The molecule has 1 rings (SSSR count). The summed E-state index contributed by atoms with van der Waals surface area (Å²) in [6.07, 6.45) is 5.26. The van der Waals surface area contributed by atoms with Crippen LogP contribution >= 0.6 is 23.2 Å². The molecule has 0 bridgehead atoms. The minimum Gasteiger partial charge on any atom is -0.242 e. The van der Waals surface area contributed by atoms with Crippen molar-refractivity contribution in [3.63, 3.8) is 0 Å². The first-order chi connectivity index (χ1) is 6.24. The Morgan fingerprint density at radius 2 is 2.31 bits per heavy atom. The zero-order chi connectivity index (χ0) is 9.68. The quantitative estimate of drug-likeness (QED) is 0.706. The molecule has 1 aromatic heterocycles. The van der Waals surface area contributed by atoms with Crippen molar-refractivity contribution in [2.45, 2.75) is 6.42 Å². The standard InChI is InChI=1S/C9H6Cl2N2/c10-8-5-7(3-1-2-4-12)9(11)13-6-8/h1,3,5-6H,2H2. The number of rotatable bonds is 2. The lowest BCUT2D eigenvalue weighted by molar-refractivity contribution is 1.31. The van der Waals surface area contributed by atoms with Crippen molar-refractivity contribution in [2.24, 2.45) is 0 Å².